The van der Waals surface area contributed by atoms with Crippen molar-refractivity contribution in [1.82, 2.24) is 10.6 Å². The van der Waals surface area contributed by atoms with Crippen LogP contribution < -0.4 is 10.6 Å². The minimum Gasteiger partial charge on any atom is -0.478 e. The van der Waals surface area contributed by atoms with E-state index in [1.54, 1.807) is 24.3 Å². The fourth-order valence-electron chi connectivity index (χ4n) is 1.63. The summed E-state index contributed by atoms with van der Waals surface area (Å²) in [5.74, 6) is -0.897. The Morgan fingerprint density at radius 1 is 1.16 bits per heavy atom. The summed E-state index contributed by atoms with van der Waals surface area (Å²) in [7, 11) is 0. The van der Waals surface area contributed by atoms with E-state index in [1.165, 1.54) is 0 Å². The van der Waals surface area contributed by atoms with E-state index in [0.29, 0.717) is 25.9 Å². The van der Waals surface area contributed by atoms with Crippen LogP contribution in [0.5, 0.6) is 0 Å². The van der Waals surface area contributed by atoms with Crippen molar-refractivity contribution in [3.63, 3.8) is 0 Å². The van der Waals surface area contributed by atoms with Gasteiger partial charge in [0, 0.05) is 19.5 Å². The Kier molecular flexibility index (Phi) is 6.60. The fourth-order valence-corrected chi connectivity index (χ4v) is 1.63. The summed E-state index contributed by atoms with van der Waals surface area (Å²) in [6.45, 7) is 4.12. The lowest BCUT2D eigenvalue weighted by molar-refractivity contribution is -0.120. The van der Waals surface area contributed by atoms with Gasteiger partial charge in [0.25, 0.3) is 0 Å². The normalized spacial score (nSPS) is 10.2. The van der Waals surface area contributed by atoms with Gasteiger partial charge in [0.05, 0.1) is 5.56 Å². The van der Waals surface area contributed by atoms with Crippen LogP contribution in [-0.2, 0) is 11.2 Å². The molecule has 5 nitrogen and oxygen atoms in total. The molecule has 0 fully saturated rings. The Hall–Kier alpha value is -1.88. The molecule has 0 unspecified atom stereocenters. The Morgan fingerprint density at radius 2 is 1.84 bits per heavy atom. The number of rotatable bonds is 8. The van der Waals surface area contributed by atoms with Crippen LogP contribution in [0.25, 0.3) is 0 Å². The summed E-state index contributed by atoms with van der Waals surface area (Å²) in [5.41, 5.74) is 1.29. The Bertz CT molecular complexity index is 415. The highest BCUT2D eigenvalue weighted by molar-refractivity contribution is 5.87. The maximum atomic E-state index is 11.4. The van der Waals surface area contributed by atoms with Crippen molar-refractivity contribution in [2.24, 2.45) is 0 Å². The minimum absolute atomic E-state index is 0.0307. The third-order valence-corrected chi connectivity index (χ3v) is 2.72. The Balaban J connectivity index is 2.25. The van der Waals surface area contributed by atoms with Gasteiger partial charge in [-0.2, -0.15) is 0 Å². The van der Waals surface area contributed by atoms with Gasteiger partial charge in [-0.3, -0.25) is 4.79 Å². The second-order valence-corrected chi connectivity index (χ2v) is 4.21. The van der Waals surface area contributed by atoms with E-state index in [-0.39, 0.29) is 11.5 Å². The molecule has 0 heterocycles. The third kappa shape index (κ3) is 6.01. The van der Waals surface area contributed by atoms with E-state index in [0.717, 1.165) is 12.1 Å². The topological polar surface area (TPSA) is 78.4 Å². The lowest BCUT2D eigenvalue weighted by Gasteiger charge is -2.06. The molecule has 0 radical (unpaired) electrons. The van der Waals surface area contributed by atoms with Gasteiger partial charge in [-0.05, 0) is 30.7 Å². The maximum Gasteiger partial charge on any atom is 0.335 e. The van der Waals surface area contributed by atoms with Crippen molar-refractivity contribution in [3.05, 3.63) is 35.4 Å². The molecule has 0 aliphatic heterocycles. The molecule has 5 heteroatoms. The summed E-state index contributed by atoms with van der Waals surface area (Å²) in [6, 6.07) is 6.69. The van der Waals surface area contributed by atoms with Crippen LogP contribution in [-0.4, -0.2) is 36.6 Å². The van der Waals surface area contributed by atoms with Crippen molar-refractivity contribution in [1.29, 1.82) is 0 Å². The van der Waals surface area contributed by atoms with Gasteiger partial charge < -0.3 is 15.7 Å². The average molecular weight is 264 g/mol. The number of carboxylic acids is 1. The van der Waals surface area contributed by atoms with Crippen molar-refractivity contribution in [3.8, 4) is 0 Å². The van der Waals surface area contributed by atoms with Gasteiger partial charge >= 0.3 is 5.97 Å². The number of hydrogen-bond donors (Lipinski definition) is 3. The van der Waals surface area contributed by atoms with Crippen LogP contribution in [0, 0.1) is 0 Å². The molecule has 0 aromatic heterocycles. The molecule has 0 spiro atoms. The Morgan fingerprint density at radius 3 is 2.42 bits per heavy atom. The molecule has 0 aliphatic carbocycles. The van der Waals surface area contributed by atoms with Crippen molar-refractivity contribution in [2.45, 2.75) is 19.8 Å². The number of nitrogens with one attached hydrogen (secondary N) is 2. The second kappa shape index (κ2) is 8.26. The Labute approximate surface area is 113 Å². The van der Waals surface area contributed by atoms with Gasteiger partial charge in [0.1, 0.15) is 0 Å². The monoisotopic (exact) mass is 264 g/mol. The van der Waals surface area contributed by atoms with Crippen LogP contribution in [0.2, 0.25) is 0 Å². The number of carboxylic acid groups (broad SMARTS) is 1. The maximum absolute atomic E-state index is 11.4. The van der Waals surface area contributed by atoms with Crippen LogP contribution in [0.3, 0.4) is 0 Å². The predicted octanol–water partition coefficient (Wildman–Crippen LogP) is 1.04. The fraction of sp³-hybridized carbons (Fsp3) is 0.429. The number of carbonyl (C=O) groups is 2. The minimum atomic E-state index is -0.928. The summed E-state index contributed by atoms with van der Waals surface area (Å²) < 4.78 is 0. The highest BCUT2D eigenvalue weighted by Crippen LogP contribution is 2.04. The molecule has 1 amide bonds. The van der Waals surface area contributed by atoms with Crippen molar-refractivity contribution >= 4 is 11.9 Å². The predicted molar refractivity (Wildman–Crippen MR) is 73.3 cm³/mol. The van der Waals surface area contributed by atoms with Crippen molar-refractivity contribution in [2.75, 3.05) is 19.6 Å². The zero-order valence-corrected chi connectivity index (χ0v) is 11.1. The smallest absolute Gasteiger partial charge is 0.335 e. The molecule has 19 heavy (non-hydrogen) atoms. The number of hydrogen-bond acceptors (Lipinski definition) is 3. The molecule has 1 rings (SSSR count). The first kappa shape index (κ1) is 15.2. The first-order valence-electron chi connectivity index (χ1n) is 6.43. The van der Waals surface area contributed by atoms with E-state index in [1.807, 2.05) is 6.92 Å². The summed E-state index contributed by atoms with van der Waals surface area (Å²) in [4.78, 5) is 22.1. The molecule has 1 aromatic carbocycles. The molecule has 0 atom stereocenters. The van der Waals surface area contributed by atoms with Gasteiger partial charge in [-0.25, -0.2) is 4.79 Å². The molecule has 0 saturated carbocycles. The highest BCUT2D eigenvalue weighted by Gasteiger charge is 2.03. The zero-order chi connectivity index (χ0) is 14.1. The second-order valence-electron chi connectivity index (χ2n) is 4.21. The van der Waals surface area contributed by atoms with Crippen LogP contribution in [0.15, 0.2) is 24.3 Å². The summed E-state index contributed by atoms with van der Waals surface area (Å²) in [5, 5.41) is 14.7. The summed E-state index contributed by atoms with van der Waals surface area (Å²) in [6.07, 6.45) is 1.18. The van der Waals surface area contributed by atoms with E-state index in [9.17, 15) is 9.59 Å². The van der Waals surface area contributed by atoms with Crippen LogP contribution in [0.4, 0.5) is 0 Å². The van der Waals surface area contributed by atoms with Gasteiger partial charge in [0.2, 0.25) is 5.91 Å². The number of carbonyl (C=O) groups excluding carboxylic acids is 1. The third-order valence-electron chi connectivity index (χ3n) is 2.72. The number of amides is 1. The standard InChI is InChI=1S/C14H20N2O3/c1-2-15-9-8-13(17)16-10-7-11-3-5-12(6-4-11)14(18)19/h3-6,15H,2,7-10H2,1H3,(H,16,17)(H,18,19). The first-order valence-corrected chi connectivity index (χ1v) is 6.43. The summed E-state index contributed by atoms with van der Waals surface area (Å²) >= 11 is 0. The zero-order valence-electron chi connectivity index (χ0n) is 11.1. The number of aromatic carboxylic acids is 1. The first-order chi connectivity index (χ1) is 9.13. The lowest BCUT2D eigenvalue weighted by atomic mass is 10.1. The van der Waals surface area contributed by atoms with Gasteiger partial charge in [-0.15, -0.1) is 0 Å². The molecule has 0 saturated heterocycles. The largest absolute Gasteiger partial charge is 0.478 e. The van der Waals surface area contributed by atoms with E-state index < -0.39 is 5.97 Å². The molecule has 104 valence electrons. The highest BCUT2D eigenvalue weighted by atomic mass is 16.4. The average Bonchev–Trinajstić information content (AvgIpc) is 2.39. The van der Waals surface area contributed by atoms with Gasteiger partial charge in [0.15, 0.2) is 0 Å². The SMILES string of the molecule is CCNCCC(=O)NCCc1ccc(C(=O)O)cc1. The molecule has 3 N–H and O–H groups in total. The molecule has 1 aromatic rings. The molecular formula is C14H20N2O3. The molecule has 0 aliphatic rings. The van der Waals surface area contributed by atoms with E-state index in [4.69, 9.17) is 5.11 Å². The molecular weight excluding hydrogens is 244 g/mol. The molecule has 0 bridgehead atoms. The quantitative estimate of drug-likeness (QED) is 0.613. The van der Waals surface area contributed by atoms with E-state index in [2.05, 4.69) is 10.6 Å². The van der Waals surface area contributed by atoms with Crippen LogP contribution in [0.1, 0.15) is 29.3 Å². The number of benzene rings is 1. The van der Waals surface area contributed by atoms with Crippen LogP contribution >= 0.6 is 0 Å². The van der Waals surface area contributed by atoms with E-state index >= 15 is 0 Å². The van der Waals surface area contributed by atoms with Gasteiger partial charge in [-0.1, -0.05) is 19.1 Å². The lowest BCUT2D eigenvalue weighted by Crippen LogP contribution is -2.29. The van der Waals surface area contributed by atoms with Crippen molar-refractivity contribution < 1.29 is 14.7 Å².